The van der Waals surface area contributed by atoms with Crippen LogP contribution < -0.4 is 4.90 Å². The highest BCUT2D eigenvalue weighted by molar-refractivity contribution is 5.93. The summed E-state index contributed by atoms with van der Waals surface area (Å²) in [7, 11) is 1.79. The maximum Gasteiger partial charge on any atom is 0.228 e. The summed E-state index contributed by atoms with van der Waals surface area (Å²) in [5.74, 6) is 0.184. The number of amides is 2. The van der Waals surface area contributed by atoms with Crippen molar-refractivity contribution in [3.63, 3.8) is 0 Å². The molecule has 0 saturated carbocycles. The van der Waals surface area contributed by atoms with E-state index < -0.39 is 0 Å². The molecule has 1 unspecified atom stereocenters. The Morgan fingerprint density at radius 3 is 2.52 bits per heavy atom. The number of rotatable bonds is 5. The molecule has 1 saturated heterocycles. The van der Waals surface area contributed by atoms with Gasteiger partial charge in [0.05, 0.1) is 0 Å². The molecule has 0 spiro atoms. The van der Waals surface area contributed by atoms with E-state index in [2.05, 4.69) is 19.1 Å². The third-order valence-corrected chi connectivity index (χ3v) is 4.98. The van der Waals surface area contributed by atoms with Gasteiger partial charge in [-0.15, -0.1) is 0 Å². The standard InChI is InChI=1S/C21H24N2O2/c1-16-8-6-7-9-17(16)15-23-19(12-13-20(23)24)14-21(25)22(2)18-10-4-3-5-11-18/h3-11,19H,12-15H2,1-2H3. The van der Waals surface area contributed by atoms with Gasteiger partial charge in [-0.1, -0.05) is 42.5 Å². The largest absolute Gasteiger partial charge is 0.335 e. The second kappa shape index (κ2) is 7.51. The van der Waals surface area contributed by atoms with E-state index in [1.165, 1.54) is 5.56 Å². The van der Waals surface area contributed by atoms with E-state index >= 15 is 0 Å². The fraction of sp³-hybridized carbons (Fsp3) is 0.333. The lowest BCUT2D eigenvalue weighted by Crippen LogP contribution is -2.37. The first-order valence-electron chi connectivity index (χ1n) is 8.72. The Bertz CT molecular complexity index is 758. The summed E-state index contributed by atoms with van der Waals surface area (Å²) in [6.45, 7) is 2.64. The molecule has 1 heterocycles. The number of carbonyl (C=O) groups excluding carboxylic acids is 2. The number of carbonyl (C=O) groups is 2. The molecule has 0 N–H and O–H groups in total. The quantitative estimate of drug-likeness (QED) is 0.838. The summed E-state index contributed by atoms with van der Waals surface area (Å²) in [6, 6.07) is 17.7. The fourth-order valence-corrected chi connectivity index (χ4v) is 3.33. The number of benzene rings is 2. The fourth-order valence-electron chi connectivity index (χ4n) is 3.33. The van der Waals surface area contributed by atoms with Crippen molar-refractivity contribution in [1.29, 1.82) is 0 Å². The highest BCUT2D eigenvalue weighted by Gasteiger charge is 2.33. The lowest BCUT2D eigenvalue weighted by Gasteiger charge is -2.27. The van der Waals surface area contributed by atoms with Gasteiger partial charge in [-0.3, -0.25) is 9.59 Å². The Hall–Kier alpha value is -2.62. The van der Waals surface area contributed by atoms with Gasteiger partial charge in [0.1, 0.15) is 0 Å². The van der Waals surface area contributed by atoms with Crippen LogP contribution >= 0.6 is 0 Å². The molecule has 0 aromatic heterocycles. The lowest BCUT2D eigenvalue weighted by molar-refractivity contribution is -0.130. The van der Waals surface area contributed by atoms with Crippen molar-refractivity contribution in [1.82, 2.24) is 4.90 Å². The summed E-state index contributed by atoms with van der Waals surface area (Å²) < 4.78 is 0. The molecule has 130 valence electrons. The van der Waals surface area contributed by atoms with Crippen LogP contribution in [-0.4, -0.2) is 29.8 Å². The summed E-state index contributed by atoms with van der Waals surface area (Å²) in [6.07, 6.45) is 1.64. The lowest BCUT2D eigenvalue weighted by atomic mass is 10.1. The SMILES string of the molecule is Cc1ccccc1CN1C(=O)CCC1CC(=O)N(C)c1ccccc1. The molecule has 25 heavy (non-hydrogen) atoms. The molecule has 1 aliphatic rings. The monoisotopic (exact) mass is 336 g/mol. The maximum absolute atomic E-state index is 12.7. The number of anilines is 1. The minimum Gasteiger partial charge on any atom is -0.335 e. The van der Waals surface area contributed by atoms with Gasteiger partial charge < -0.3 is 9.80 Å². The van der Waals surface area contributed by atoms with Crippen molar-refractivity contribution >= 4 is 17.5 Å². The van der Waals surface area contributed by atoms with Gasteiger partial charge in [0.25, 0.3) is 0 Å². The molecule has 2 aromatic rings. The van der Waals surface area contributed by atoms with Crippen LogP contribution in [0.25, 0.3) is 0 Å². The van der Waals surface area contributed by atoms with E-state index in [4.69, 9.17) is 0 Å². The molecule has 0 radical (unpaired) electrons. The zero-order valence-corrected chi connectivity index (χ0v) is 14.8. The zero-order valence-electron chi connectivity index (χ0n) is 14.8. The van der Waals surface area contributed by atoms with E-state index in [0.29, 0.717) is 19.4 Å². The predicted octanol–water partition coefficient (Wildman–Crippen LogP) is 3.54. The Kier molecular flexibility index (Phi) is 5.17. The second-order valence-electron chi connectivity index (χ2n) is 6.63. The van der Waals surface area contributed by atoms with Gasteiger partial charge in [0.2, 0.25) is 11.8 Å². The van der Waals surface area contributed by atoms with Crippen molar-refractivity contribution in [3.05, 3.63) is 65.7 Å². The summed E-state index contributed by atoms with van der Waals surface area (Å²) in [5.41, 5.74) is 3.20. The molecular formula is C21H24N2O2. The van der Waals surface area contributed by atoms with Crippen molar-refractivity contribution in [2.75, 3.05) is 11.9 Å². The maximum atomic E-state index is 12.7. The molecule has 0 aliphatic carbocycles. The summed E-state index contributed by atoms with van der Waals surface area (Å²) >= 11 is 0. The Morgan fingerprint density at radius 1 is 1.12 bits per heavy atom. The molecule has 4 nitrogen and oxygen atoms in total. The van der Waals surface area contributed by atoms with Crippen molar-refractivity contribution in [3.8, 4) is 0 Å². The molecule has 2 amide bonds. The minimum absolute atomic E-state index is 0.0224. The number of hydrogen-bond acceptors (Lipinski definition) is 2. The van der Waals surface area contributed by atoms with Crippen LogP contribution in [0.2, 0.25) is 0 Å². The smallest absolute Gasteiger partial charge is 0.228 e. The van der Waals surface area contributed by atoms with Crippen LogP contribution in [0.5, 0.6) is 0 Å². The normalized spacial score (nSPS) is 17.0. The number of hydrogen-bond donors (Lipinski definition) is 0. The van der Waals surface area contributed by atoms with E-state index in [1.807, 2.05) is 47.4 Å². The van der Waals surface area contributed by atoms with E-state index in [0.717, 1.165) is 17.7 Å². The topological polar surface area (TPSA) is 40.6 Å². The molecular weight excluding hydrogens is 312 g/mol. The third kappa shape index (κ3) is 3.90. The van der Waals surface area contributed by atoms with Gasteiger partial charge in [0, 0.05) is 38.2 Å². The molecule has 3 rings (SSSR count). The van der Waals surface area contributed by atoms with Gasteiger partial charge in [-0.05, 0) is 36.6 Å². The first kappa shape index (κ1) is 17.2. The van der Waals surface area contributed by atoms with Gasteiger partial charge in [-0.2, -0.15) is 0 Å². The van der Waals surface area contributed by atoms with Gasteiger partial charge in [-0.25, -0.2) is 0 Å². The highest BCUT2D eigenvalue weighted by Crippen LogP contribution is 2.26. The molecule has 4 heteroatoms. The van der Waals surface area contributed by atoms with Gasteiger partial charge in [0.15, 0.2) is 0 Å². The predicted molar refractivity (Wildman–Crippen MR) is 99.2 cm³/mol. The average molecular weight is 336 g/mol. The van der Waals surface area contributed by atoms with Crippen molar-refractivity contribution in [2.24, 2.45) is 0 Å². The van der Waals surface area contributed by atoms with E-state index in [-0.39, 0.29) is 17.9 Å². The first-order chi connectivity index (χ1) is 12.1. The second-order valence-corrected chi connectivity index (χ2v) is 6.63. The number of para-hydroxylation sites is 1. The number of likely N-dealkylation sites (tertiary alicyclic amines) is 1. The Morgan fingerprint density at radius 2 is 1.80 bits per heavy atom. The minimum atomic E-state index is -0.0224. The molecule has 2 aromatic carbocycles. The number of nitrogens with zero attached hydrogens (tertiary/aromatic N) is 2. The van der Waals surface area contributed by atoms with E-state index in [9.17, 15) is 9.59 Å². The van der Waals surface area contributed by atoms with E-state index in [1.54, 1.807) is 11.9 Å². The Balaban J connectivity index is 1.69. The highest BCUT2D eigenvalue weighted by atomic mass is 16.2. The Labute approximate surface area is 149 Å². The summed E-state index contributed by atoms with van der Waals surface area (Å²) in [5, 5.41) is 0. The first-order valence-corrected chi connectivity index (χ1v) is 8.72. The molecule has 1 atom stereocenters. The van der Waals surface area contributed by atoms with Crippen LogP contribution in [0.4, 0.5) is 5.69 Å². The van der Waals surface area contributed by atoms with Crippen molar-refractivity contribution in [2.45, 2.75) is 38.8 Å². The summed E-state index contributed by atoms with van der Waals surface area (Å²) in [4.78, 5) is 28.5. The molecule has 1 fully saturated rings. The number of aryl methyl sites for hydroxylation is 1. The van der Waals surface area contributed by atoms with Crippen LogP contribution in [0, 0.1) is 6.92 Å². The molecule has 0 bridgehead atoms. The zero-order chi connectivity index (χ0) is 17.8. The molecule has 1 aliphatic heterocycles. The average Bonchev–Trinajstić information content (AvgIpc) is 2.97. The van der Waals surface area contributed by atoms with Crippen molar-refractivity contribution < 1.29 is 9.59 Å². The third-order valence-electron chi connectivity index (χ3n) is 4.98. The van der Waals surface area contributed by atoms with Crippen LogP contribution in [-0.2, 0) is 16.1 Å². The van der Waals surface area contributed by atoms with Gasteiger partial charge >= 0.3 is 0 Å². The van der Waals surface area contributed by atoms with Crippen LogP contribution in [0.1, 0.15) is 30.4 Å². The van der Waals surface area contributed by atoms with Crippen LogP contribution in [0.3, 0.4) is 0 Å². The van der Waals surface area contributed by atoms with Crippen LogP contribution in [0.15, 0.2) is 54.6 Å².